The second kappa shape index (κ2) is 6.35. The zero-order valence-electron chi connectivity index (χ0n) is 8.57. The first kappa shape index (κ1) is 11.0. The van der Waals surface area contributed by atoms with Crippen molar-refractivity contribution in [3.8, 4) is 0 Å². The molecule has 0 atom stereocenters. The lowest BCUT2D eigenvalue weighted by Gasteiger charge is -2.06. The maximum Gasteiger partial charge on any atom is 0.0724 e. The van der Waals surface area contributed by atoms with Crippen LogP contribution in [-0.4, -0.2) is 6.61 Å². The maximum atomic E-state index is 5.61. The Morgan fingerprint density at radius 2 is 2.00 bits per heavy atom. The number of hydrogen-bond donors (Lipinski definition) is 1. The summed E-state index contributed by atoms with van der Waals surface area (Å²) in [6.07, 6.45) is 3.97. The van der Waals surface area contributed by atoms with E-state index in [2.05, 4.69) is 6.07 Å². The van der Waals surface area contributed by atoms with Crippen molar-refractivity contribution in [3.63, 3.8) is 0 Å². The van der Waals surface area contributed by atoms with Crippen LogP contribution in [0.3, 0.4) is 0 Å². The molecule has 2 heteroatoms. The average Bonchev–Trinajstić information content (AvgIpc) is 2.25. The summed E-state index contributed by atoms with van der Waals surface area (Å²) in [5, 5.41) is 0. The van der Waals surface area contributed by atoms with E-state index in [4.69, 9.17) is 10.5 Å². The fraction of sp³-hybridized carbons (Fsp3) is 0.333. The Kier molecular flexibility index (Phi) is 4.97. The normalized spacial score (nSPS) is 11.0. The van der Waals surface area contributed by atoms with E-state index in [0.717, 1.165) is 5.56 Å². The second-order valence-corrected chi connectivity index (χ2v) is 3.06. The summed E-state index contributed by atoms with van der Waals surface area (Å²) >= 11 is 0. The van der Waals surface area contributed by atoms with Gasteiger partial charge in [-0.1, -0.05) is 36.4 Å². The zero-order valence-corrected chi connectivity index (χ0v) is 8.57. The average molecular weight is 191 g/mol. The Labute approximate surface area is 85.4 Å². The van der Waals surface area contributed by atoms with E-state index in [1.807, 2.05) is 37.3 Å². The predicted molar refractivity (Wildman–Crippen MR) is 58.8 cm³/mol. The van der Waals surface area contributed by atoms with Crippen LogP contribution in [0.1, 0.15) is 18.1 Å². The van der Waals surface area contributed by atoms with Crippen LogP contribution in [0.2, 0.25) is 0 Å². The van der Waals surface area contributed by atoms with Crippen LogP contribution < -0.4 is 5.73 Å². The van der Waals surface area contributed by atoms with Gasteiger partial charge in [-0.15, -0.1) is 0 Å². The number of rotatable bonds is 5. The molecule has 0 aromatic heterocycles. The molecule has 0 fully saturated rings. The van der Waals surface area contributed by atoms with Gasteiger partial charge in [-0.25, -0.2) is 0 Å². The molecule has 0 aliphatic carbocycles. The van der Waals surface area contributed by atoms with Gasteiger partial charge in [0.25, 0.3) is 0 Å². The summed E-state index contributed by atoms with van der Waals surface area (Å²) in [7, 11) is 0. The fourth-order valence-corrected chi connectivity index (χ4v) is 1.23. The van der Waals surface area contributed by atoms with Crippen LogP contribution in [0.15, 0.2) is 36.4 Å². The number of allylic oxidation sites excluding steroid dienone is 1. The summed E-state index contributed by atoms with van der Waals surface area (Å²) < 4.78 is 5.46. The van der Waals surface area contributed by atoms with Crippen LogP contribution in [0.5, 0.6) is 0 Å². The van der Waals surface area contributed by atoms with Gasteiger partial charge in [0.05, 0.1) is 13.2 Å². The molecule has 0 unspecified atom stereocenters. The summed E-state index contributed by atoms with van der Waals surface area (Å²) in [6.45, 7) is 3.85. The Morgan fingerprint density at radius 3 is 2.64 bits per heavy atom. The van der Waals surface area contributed by atoms with Gasteiger partial charge in [0.2, 0.25) is 0 Å². The standard InChI is InChI=1S/C12H17NO/c1-2-3-8-14-10-12-7-5-4-6-11(12)9-13/h2-7H,8-10,13H2,1H3. The Balaban J connectivity index is 2.49. The summed E-state index contributed by atoms with van der Waals surface area (Å²) in [4.78, 5) is 0. The molecule has 0 aliphatic rings. The minimum atomic E-state index is 0.573. The van der Waals surface area contributed by atoms with E-state index in [-0.39, 0.29) is 0 Å². The van der Waals surface area contributed by atoms with Gasteiger partial charge in [-0.3, -0.25) is 0 Å². The number of nitrogens with two attached hydrogens (primary N) is 1. The molecule has 1 aromatic rings. The van der Waals surface area contributed by atoms with Crippen molar-refractivity contribution >= 4 is 0 Å². The van der Waals surface area contributed by atoms with Crippen molar-refractivity contribution in [2.24, 2.45) is 5.73 Å². The molecule has 76 valence electrons. The van der Waals surface area contributed by atoms with E-state index in [1.54, 1.807) is 0 Å². The van der Waals surface area contributed by atoms with E-state index in [1.165, 1.54) is 5.56 Å². The van der Waals surface area contributed by atoms with Crippen molar-refractivity contribution in [1.82, 2.24) is 0 Å². The van der Waals surface area contributed by atoms with Gasteiger partial charge in [0.1, 0.15) is 0 Å². The lowest BCUT2D eigenvalue weighted by atomic mass is 10.1. The van der Waals surface area contributed by atoms with E-state index in [9.17, 15) is 0 Å². The van der Waals surface area contributed by atoms with Gasteiger partial charge < -0.3 is 10.5 Å². The van der Waals surface area contributed by atoms with Gasteiger partial charge in [-0.05, 0) is 18.1 Å². The highest BCUT2D eigenvalue weighted by atomic mass is 16.5. The Hall–Kier alpha value is -1.12. The van der Waals surface area contributed by atoms with Crippen molar-refractivity contribution in [2.75, 3.05) is 6.61 Å². The smallest absolute Gasteiger partial charge is 0.0724 e. The molecular formula is C12H17NO. The molecule has 0 amide bonds. The Bertz CT molecular complexity index is 294. The highest BCUT2D eigenvalue weighted by molar-refractivity contribution is 5.26. The van der Waals surface area contributed by atoms with Crippen molar-refractivity contribution < 1.29 is 4.74 Å². The van der Waals surface area contributed by atoms with Crippen LogP contribution in [0.4, 0.5) is 0 Å². The molecule has 2 N–H and O–H groups in total. The number of benzene rings is 1. The monoisotopic (exact) mass is 191 g/mol. The third-order valence-corrected chi connectivity index (χ3v) is 2.05. The third-order valence-electron chi connectivity index (χ3n) is 2.05. The van der Waals surface area contributed by atoms with Gasteiger partial charge >= 0.3 is 0 Å². The number of ether oxygens (including phenoxy) is 1. The van der Waals surface area contributed by atoms with Crippen LogP contribution >= 0.6 is 0 Å². The van der Waals surface area contributed by atoms with E-state index in [0.29, 0.717) is 19.8 Å². The predicted octanol–water partition coefficient (Wildman–Crippen LogP) is 2.24. The molecule has 1 aromatic carbocycles. The lowest BCUT2D eigenvalue weighted by molar-refractivity contribution is 0.148. The summed E-state index contributed by atoms with van der Waals surface area (Å²) in [5.74, 6) is 0. The second-order valence-electron chi connectivity index (χ2n) is 3.06. The van der Waals surface area contributed by atoms with Gasteiger partial charge in [0, 0.05) is 6.54 Å². The Morgan fingerprint density at radius 1 is 1.29 bits per heavy atom. The van der Waals surface area contributed by atoms with Crippen LogP contribution in [-0.2, 0) is 17.9 Å². The largest absolute Gasteiger partial charge is 0.373 e. The third kappa shape index (κ3) is 3.32. The minimum absolute atomic E-state index is 0.573. The van der Waals surface area contributed by atoms with Gasteiger partial charge in [-0.2, -0.15) is 0 Å². The van der Waals surface area contributed by atoms with Crippen LogP contribution in [0.25, 0.3) is 0 Å². The van der Waals surface area contributed by atoms with Gasteiger partial charge in [0.15, 0.2) is 0 Å². The topological polar surface area (TPSA) is 35.2 Å². The first-order valence-electron chi connectivity index (χ1n) is 4.84. The minimum Gasteiger partial charge on any atom is -0.373 e. The molecule has 0 saturated carbocycles. The molecule has 0 radical (unpaired) electrons. The molecule has 0 spiro atoms. The lowest BCUT2D eigenvalue weighted by Crippen LogP contribution is -2.03. The highest BCUT2D eigenvalue weighted by Crippen LogP contribution is 2.08. The first-order valence-corrected chi connectivity index (χ1v) is 4.84. The molecular weight excluding hydrogens is 174 g/mol. The van der Waals surface area contributed by atoms with E-state index < -0.39 is 0 Å². The van der Waals surface area contributed by atoms with Crippen molar-refractivity contribution in [1.29, 1.82) is 0 Å². The zero-order chi connectivity index (χ0) is 10.2. The molecule has 0 bridgehead atoms. The molecule has 1 rings (SSSR count). The maximum absolute atomic E-state index is 5.61. The number of hydrogen-bond acceptors (Lipinski definition) is 2. The molecule has 14 heavy (non-hydrogen) atoms. The molecule has 0 heterocycles. The molecule has 2 nitrogen and oxygen atoms in total. The fourth-order valence-electron chi connectivity index (χ4n) is 1.23. The summed E-state index contributed by atoms with van der Waals surface area (Å²) in [6, 6.07) is 8.09. The van der Waals surface area contributed by atoms with Crippen molar-refractivity contribution in [2.45, 2.75) is 20.1 Å². The quantitative estimate of drug-likeness (QED) is 0.572. The highest BCUT2D eigenvalue weighted by Gasteiger charge is 1.98. The first-order chi connectivity index (χ1) is 6.88. The van der Waals surface area contributed by atoms with E-state index >= 15 is 0 Å². The van der Waals surface area contributed by atoms with Crippen LogP contribution in [0, 0.1) is 0 Å². The SMILES string of the molecule is CC=CCOCc1ccccc1CN. The molecule has 0 aliphatic heterocycles. The molecule has 0 saturated heterocycles. The summed E-state index contributed by atoms with van der Waals surface area (Å²) in [5.41, 5.74) is 7.95. The van der Waals surface area contributed by atoms with Crippen molar-refractivity contribution in [3.05, 3.63) is 47.5 Å².